The van der Waals surface area contributed by atoms with Crippen LogP contribution in [0.2, 0.25) is 0 Å². The number of nitrogens with one attached hydrogen (secondary N) is 2. The van der Waals surface area contributed by atoms with Crippen LogP contribution < -0.4 is 0 Å². The number of rotatable bonds is 0. The molecule has 6 heterocycles. The van der Waals surface area contributed by atoms with Crippen LogP contribution in [0.25, 0.3) is 32.3 Å². The molecule has 0 saturated heterocycles. The molecule has 0 saturated carbocycles. The number of thiazole rings is 1. The predicted molar refractivity (Wildman–Crippen MR) is 175 cm³/mol. The van der Waals surface area contributed by atoms with E-state index in [4.69, 9.17) is 4.42 Å². The van der Waals surface area contributed by atoms with Gasteiger partial charge >= 0.3 is 0 Å². The Hall–Kier alpha value is -6.07. The van der Waals surface area contributed by atoms with Crippen LogP contribution in [-0.4, -0.2) is 45.1 Å². The van der Waals surface area contributed by atoms with Gasteiger partial charge < -0.3 is 9.40 Å². The largest absolute Gasteiger partial charge is 0.443 e. The van der Waals surface area contributed by atoms with E-state index in [1.54, 1.807) is 60.9 Å². The minimum Gasteiger partial charge on any atom is -0.443 e. The Morgan fingerprint density at radius 2 is 1.30 bits per heavy atom. The Bertz CT molecular complexity index is 1590. The lowest BCUT2D eigenvalue weighted by molar-refractivity contribution is 0.602. The van der Waals surface area contributed by atoms with Gasteiger partial charge in [0.2, 0.25) is 0 Å². The van der Waals surface area contributed by atoms with Crippen molar-refractivity contribution in [3.05, 3.63) is 165 Å². The van der Waals surface area contributed by atoms with Crippen LogP contribution in [-0.2, 0) is 0 Å². The smallest absolute Gasteiger partial charge is 0.181 e. The number of oxazole rings is 1. The summed E-state index contributed by atoms with van der Waals surface area (Å²) in [5, 5.41) is 6.21. The molecule has 0 atom stereocenters. The fourth-order valence-electron chi connectivity index (χ4n) is 3.27. The van der Waals surface area contributed by atoms with Crippen molar-refractivity contribution in [2.24, 2.45) is 0 Å². The number of hydrogen-bond acceptors (Lipinski definition) is 9. The molecule has 0 bridgehead atoms. The molecule has 44 heavy (non-hydrogen) atoms. The van der Waals surface area contributed by atoms with Crippen molar-refractivity contribution in [2.45, 2.75) is 0 Å². The molecule has 0 unspecified atom stereocenters. The Kier molecular flexibility index (Phi) is 13.4. The molecule has 3 aromatic carbocycles. The highest BCUT2D eigenvalue weighted by Gasteiger charge is 1.92. The molecule has 0 aliphatic rings. The second kappa shape index (κ2) is 19.1. The van der Waals surface area contributed by atoms with E-state index in [1.807, 2.05) is 96.5 Å². The molecule has 0 aliphatic heterocycles. The summed E-state index contributed by atoms with van der Waals surface area (Å²) in [7, 11) is 0. The minimum absolute atomic E-state index is 0.845. The lowest BCUT2D eigenvalue weighted by Crippen LogP contribution is -1.66. The van der Waals surface area contributed by atoms with Gasteiger partial charge in [0.25, 0.3) is 0 Å². The van der Waals surface area contributed by atoms with Crippen LogP contribution >= 0.6 is 11.3 Å². The van der Waals surface area contributed by atoms with Crippen molar-refractivity contribution in [1.29, 1.82) is 0 Å². The van der Waals surface area contributed by atoms with Gasteiger partial charge in [-0.3, -0.25) is 10.1 Å². The van der Waals surface area contributed by atoms with E-state index in [2.05, 4.69) is 51.2 Å². The van der Waals surface area contributed by atoms with E-state index in [0.29, 0.717) is 0 Å². The number of pyridine rings is 1. The standard InChI is InChI=1S/C7H6N2.C7H5NO.C7H5NS.C5H5N.C4H4N2.C3H4N2/c3*1-2-4-7-6(3-1)8-5-9-7;1-2-4-6-5-3-1;1-2-5-4-6-3-1;1-2-4-5-3-1/h1-5H,(H,8,9);2*1-5H;1-5H;1-4H;1-3H,(H,4,5). The first kappa shape index (κ1) is 30.9. The zero-order chi connectivity index (χ0) is 30.3. The molecule has 9 rings (SSSR count). The van der Waals surface area contributed by atoms with Gasteiger partial charge in [0.05, 0.1) is 33.1 Å². The quantitative estimate of drug-likeness (QED) is 0.181. The molecule has 0 radical (unpaired) electrons. The van der Waals surface area contributed by atoms with Gasteiger partial charge in [0.15, 0.2) is 12.0 Å². The minimum atomic E-state index is 0.845. The topological polar surface area (TPSA) is 135 Å². The fraction of sp³-hybridized carbons (Fsp3) is 0. The van der Waals surface area contributed by atoms with Crippen LogP contribution in [0, 0.1) is 0 Å². The molecule has 2 N–H and O–H groups in total. The molecule has 9 aromatic rings. The van der Waals surface area contributed by atoms with Crippen molar-refractivity contribution in [3.63, 3.8) is 0 Å². The van der Waals surface area contributed by atoms with Crippen molar-refractivity contribution in [1.82, 2.24) is 45.1 Å². The molecule has 11 heteroatoms. The second-order valence-electron chi connectivity index (χ2n) is 8.26. The number of imidazole rings is 1. The highest BCUT2D eigenvalue weighted by Crippen LogP contribution is 2.15. The molecule has 218 valence electrons. The summed E-state index contributed by atoms with van der Waals surface area (Å²) in [5.74, 6) is 0. The van der Waals surface area contributed by atoms with Crippen molar-refractivity contribution < 1.29 is 4.42 Å². The highest BCUT2D eigenvalue weighted by atomic mass is 32.1. The molecule has 0 aliphatic carbocycles. The Morgan fingerprint density at radius 3 is 1.86 bits per heavy atom. The second-order valence-corrected chi connectivity index (χ2v) is 9.14. The molecule has 0 fully saturated rings. The number of para-hydroxylation sites is 5. The summed E-state index contributed by atoms with van der Waals surface area (Å²) in [4.78, 5) is 26.3. The van der Waals surface area contributed by atoms with E-state index in [0.717, 1.165) is 27.6 Å². The molecular weight excluding hydrogens is 570 g/mol. The maximum absolute atomic E-state index is 5.01. The first-order valence-electron chi connectivity index (χ1n) is 13.3. The third-order valence-electron chi connectivity index (χ3n) is 5.25. The monoisotopic (exact) mass is 599 g/mol. The van der Waals surface area contributed by atoms with Gasteiger partial charge in [0, 0.05) is 37.2 Å². The molecule has 0 spiro atoms. The van der Waals surface area contributed by atoms with Crippen molar-refractivity contribution in [2.75, 3.05) is 0 Å². The number of benzene rings is 3. The number of aromatic nitrogens is 9. The maximum Gasteiger partial charge on any atom is 0.181 e. The number of nitrogens with zero attached hydrogens (tertiary/aromatic N) is 7. The van der Waals surface area contributed by atoms with E-state index in [-0.39, 0.29) is 0 Å². The van der Waals surface area contributed by atoms with Gasteiger partial charge in [-0.05, 0) is 60.7 Å². The van der Waals surface area contributed by atoms with Gasteiger partial charge in [-0.15, -0.1) is 11.3 Å². The first-order chi connectivity index (χ1) is 21.9. The fourth-order valence-corrected chi connectivity index (χ4v) is 3.95. The van der Waals surface area contributed by atoms with E-state index in [9.17, 15) is 0 Å². The van der Waals surface area contributed by atoms with Crippen LogP contribution in [0.15, 0.2) is 169 Å². The third-order valence-corrected chi connectivity index (χ3v) is 6.06. The van der Waals surface area contributed by atoms with E-state index in [1.165, 1.54) is 17.4 Å². The van der Waals surface area contributed by atoms with Gasteiger partial charge in [-0.2, -0.15) is 5.10 Å². The average Bonchev–Trinajstić information content (AvgIpc) is 3.96. The van der Waals surface area contributed by atoms with E-state index < -0.39 is 0 Å². The highest BCUT2D eigenvalue weighted by molar-refractivity contribution is 7.16. The van der Waals surface area contributed by atoms with Crippen LogP contribution in [0.1, 0.15) is 0 Å². The summed E-state index contributed by atoms with van der Waals surface area (Å²) >= 11 is 1.68. The zero-order valence-electron chi connectivity index (χ0n) is 23.5. The van der Waals surface area contributed by atoms with Gasteiger partial charge in [-0.1, -0.05) is 42.5 Å². The Morgan fingerprint density at radius 1 is 0.568 bits per heavy atom. The van der Waals surface area contributed by atoms with Gasteiger partial charge in [0.1, 0.15) is 11.8 Å². The van der Waals surface area contributed by atoms with Gasteiger partial charge in [-0.25, -0.2) is 24.9 Å². The van der Waals surface area contributed by atoms with Crippen LogP contribution in [0.5, 0.6) is 0 Å². The SMILES string of the molecule is c1ccc2[nH]cnc2c1.c1ccc2ocnc2c1.c1ccc2scnc2c1.c1ccncc1.c1cn[nH]c1.c1cncnc1. The number of H-pyrrole nitrogens is 2. The summed E-state index contributed by atoms with van der Waals surface area (Å²) < 4.78 is 6.27. The Labute approximate surface area is 257 Å². The maximum atomic E-state index is 5.01. The number of aromatic amines is 2. The van der Waals surface area contributed by atoms with E-state index >= 15 is 0 Å². The predicted octanol–water partition coefficient (Wildman–Crippen LogP) is 7.65. The number of hydrogen-bond donors (Lipinski definition) is 2. The van der Waals surface area contributed by atoms with Crippen molar-refractivity contribution >= 4 is 43.7 Å². The molecular formula is C33H29N9OS. The summed E-state index contributed by atoms with van der Waals surface area (Å²) in [6.45, 7) is 0. The summed E-state index contributed by atoms with van der Waals surface area (Å²) in [6, 6.07) is 33.1. The third kappa shape index (κ3) is 11.4. The normalized spacial score (nSPS) is 9.36. The lowest BCUT2D eigenvalue weighted by Gasteiger charge is -1.81. The van der Waals surface area contributed by atoms with Crippen LogP contribution in [0.4, 0.5) is 0 Å². The first-order valence-corrected chi connectivity index (χ1v) is 14.2. The summed E-state index contributed by atoms with van der Waals surface area (Å²) in [5.41, 5.74) is 6.84. The average molecular weight is 600 g/mol. The van der Waals surface area contributed by atoms with Crippen LogP contribution in [0.3, 0.4) is 0 Å². The van der Waals surface area contributed by atoms with Crippen molar-refractivity contribution in [3.8, 4) is 0 Å². The zero-order valence-corrected chi connectivity index (χ0v) is 24.4. The Balaban J connectivity index is 0.000000122. The lowest BCUT2D eigenvalue weighted by atomic mass is 10.3. The molecule has 0 amide bonds. The molecule has 6 aromatic heterocycles. The summed E-state index contributed by atoms with van der Waals surface area (Å²) in [6.07, 6.45) is 15.0. The molecule has 10 nitrogen and oxygen atoms in total. The number of fused-ring (bicyclic) bond motifs is 3.